The van der Waals surface area contributed by atoms with E-state index in [4.69, 9.17) is 91.1 Å². The molecule has 1 aromatic heterocycles. The van der Waals surface area contributed by atoms with Crippen LogP contribution in [0.25, 0.3) is 0 Å². The molecule has 2 atom stereocenters. The fourth-order valence-corrected chi connectivity index (χ4v) is 7.25. The van der Waals surface area contributed by atoms with E-state index in [1.807, 2.05) is 125 Å². The Kier molecular flexibility index (Phi) is 73.9. The van der Waals surface area contributed by atoms with Gasteiger partial charge in [0.25, 0.3) is 0 Å². The van der Waals surface area contributed by atoms with Crippen molar-refractivity contribution in [3.8, 4) is 139 Å². The third kappa shape index (κ3) is 64.9. The number of ether oxygens (including phenoxy) is 4. The fourth-order valence-electron chi connectivity index (χ4n) is 6.62. The Morgan fingerprint density at radius 3 is 1.48 bits per heavy atom. The van der Waals surface area contributed by atoms with Gasteiger partial charge in [-0.2, -0.15) is 0 Å². The number of rotatable bonds is 22. The number of hydrogen-bond donors (Lipinski definition) is 5. The lowest BCUT2D eigenvalue weighted by Gasteiger charge is -2.07. The molecule has 6 aromatic rings. The molecule has 1 heterocycles. The van der Waals surface area contributed by atoms with Crippen molar-refractivity contribution in [2.45, 2.75) is 123 Å². The van der Waals surface area contributed by atoms with Gasteiger partial charge in [-0.1, -0.05) is 209 Å². The topological polar surface area (TPSA) is 224 Å². The Morgan fingerprint density at radius 2 is 1.12 bits per heavy atom. The molecule has 0 saturated heterocycles. The van der Waals surface area contributed by atoms with Crippen LogP contribution in [-0.4, -0.2) is 116 Å². The molecule has 540 valence electrons. The highest BCUT2D eigenvalue weighted by Crippen LogP contribution is 2.16. The molecule has 0 aliphatic rings. The molecule has 2 unspecified atom stereocenters. The zero-order valence-electron chi connectivity index (χ0n) is 60.4. The van der Waals surface area contributed by atoms with Gasteiger partial charge in [-0.05, 0) is 87.7 Å². The zero-order valence-corrected chi connectivity index (χ0v) is 61.3. The minimum atomic E-state index is -3.49. The van der Waals surface area contributed by atoms with Gasteiger partial charge in [0.1, 0.15) is 37.4 Å². The SMILES string of the molecule is C#CC(O)c1ccccc1.C#CCC(CCCCCC)C(=O)O.C#CCCCCCCC.C#CCOC.C#CS(=O)(=O)c1ccc(C)cc1.C#Cc1ccccc1.C#Cc1ccccc1OC.C#Cc1cncn1C.CC#CC.O=C(O)C#Cc1ccccc1.OCCOCC#CCOCCO. The Balaban J connectivity index is -0.000000342. The van der Waals surface area contributed by atoms with Crippen molar-refractivity contribution in [2.24, 2.45) is 13.0 Å². The van der Waals surface area contributed by atoms with Crippen LogP contribution in [-0.2, 0) is 40.7 Å². The van der Waals surface area contributed by atoms with Crippen molar-refractivity contribution in [3.05, 3.63) is 186 Å². The molecule has 6 rings (SSSR count). The van der Waals surface area contributed by atoms with Crippen molar-refractivity contribution in [1.82, 2.24) is 9.55 Å². The molecule has 102 heavy (non-hydrogen) atoms. The Hall–Kier alpha value is -11.1. The Labute approximate surface area is 611 Å². The summed E-state index contributed by atoms with van der Waals surface area (Å²) in [4.78, 5) is 24.6. The highest BCUT2D eigenvalue weighted by Gasteiger charge is 2.15. The van der Waals surface area contributed by atoms with E-state index >= 15 is 0 Å². The van der Waals surface area contributed by atoms with E-state index in [1.165, 1.54) is 57.1 Å². The zero-order chi connectivity index (χ0) is 77.6. The number of aliphatic hydroxyl groups excluding tert-OH is 3. The second kappa shape index (κ2) is 75.7. The fraction of sp³-hybridized carbons (Fsp3) is 0.337. The number of aliphatic hydroxyl groups is 3. The number of nitrogens with zero attached hydrogens (tertiary/aromatic N) is 2. The van der Waals surface area contributed by atoms with Crippen molar-refractivity contribution in [1.29, 1.82) is 0 Å². The van der Waals surface area contributed by atoms with E-state index in [9.17, 15) is 18.0 Å². The lowest BCUT2D eigenvalue weighted by molar-refractivity contribution is -0.141. The van der Waals surface area contributed by atoms with E-state index in [0.29, 0.717) is 39.5 Å². The number of benzene rings is 5. The van der Waals surface area contributed by atoms with Crippen LogP contribution in [0.2, 0.25) is 0 Å². The third-order valence-corrected chi connectivity index (χ3v) is 13.2. The molecule has 0 bridgehead atoms. The summed E-state index contributed by atoms with van der Waals surface area (Å²) >= 11 is 0. The Bertz CT molecular complexity index is 3740. The van der Waals surface area contributed by atoms with E-state index in [1.54, 1.807) is 73.0 Å². The standard InChI is InChI=1S/C11H18O2.C9H8O2S.C9H6O2.2C9H8O.C9H16.C8H14O4.C8H6.C6H6N2.C4H6O.C4H6/c1-3-5-6-7-9-10(8-4-2)11(12)13;1-3-12(10,11)9-6-4-8(2)5-7-9;10-9(11)7-6-8-4-2-1-3-5-8;1-3-8-6-4-5-7-9(8)10-2;1-2-9(10)8-6-4-3-5-7-8;1-3-5-7-9-8-6-4-2;9-3-7-11-5-1-2-6-12-8-4-10;1-2-8-6-4-3-5-7-8;1-3-6-4-7-5-8(6)2;1-3-4-5-2;1-3-4-2/h2,10H,3,5-9H2,1H3,(H,12,13);1,4-7H,2H3;1-5H,(H,10,11);1,4-7H,2H3;1,3-7,9-10H;1H,4-9H2,2H3;9-10H,3-8H2;1,3-7H;1,4-5H,2H3;1H,4H2,2H3;1-2H3. The summed E-state index contributed by atoms with van der Waals surface area (Å²) in [6, 6.07) is 41.7. The van der Waals surface area contributed by atoms with Gasteiger partial charge in [0.05, 0.1) is 62.4 Å². The molecule has 0 aliphatic heterocycles. The number of hydrogen-bond acceptors (Lipinski definition) is 12. The van der Waals surface area contributed by atoms with Crippen LogP contribution in [0.15, 0.2) is 157 Å². The van der Waals surface area contributed by atoms with Crippen LogP contribution in [0, 0.1) is 146 Å². The van der Waals surface area contributed by atoms with Crippen LogP contribution in [0.4, 0.5) is 0 Å². The smallest absolute Gasteiger partial charge is 0.382 e. The first-order valence-electron chi connectivity index (χ1n) is 32.2. The van der Waals surface area contributed by atoms with Gasteiger partial charge in [-0.25, -0.2) is 18.2 Å². The molecule has 0 fully saturated rings. The quantitative estimate of drug-likeness (QED) is 0.0242. The Morgan fingerprint density at radius 1 is 0.608 bits per heavy atom. The summed E-state index contributed by atoms with van der Waals surface area (Å²) in [5, 5.41) is 44.4. The number of sulfone groups is 1. The molecule has 5 aromatic carbocycles. The number of para-hydroxylation sites is 1. The maximum atomic E-state index is 11.1. The lowest BCUT2D eigenvalue weighted by Crippen LogP contribution is -2.12. The molecule has 0 saturated carbocycles. The largest absolute Gasteiger partial charge is 0.495 e. The average molecular weight is 1400 g/mol. The van der Waals surface area contributed by atoms with Gasteiger partial charge < -0.3 is 49.0 Å². The first kappa shape index (κ1) is 99.6. The van der Waals surface area contributed by atoms with Crippen LogP contribution in [0.5, 0.6) is 5.75 Å². The first-order chi connectivity index (χ1) is 49.2. The summed E-state index contributed by atoms with van der Waals surface area (Å²) in [6.07, 6.45) is 55.8. The van der Waals surface area contributed by atoms with E-state index < -0.39 is 27.9 Å². The van der Waals surface area contributed by atoms with Crippen molar-refractivity contribution >= 4 is 21.8 Å². The molecular weight excluding hydrogens is 1300 g/mol. The van der Waals surface area contributed by atoms with Gasteiger partial charge >= 0.3 is 11.9 Å². The minimum absolute atomic E-state index is 0.0166. The summed E-state index contributed by atoms with van der Waals surface area (Å²) in [7, 11) is 1.55. The van der Waals surface area contributed by atoms with Gasteiger partial charge in [-0.15, -0.1) is 75.1 Å². The van der Waals surface area contributed by atoms with Crippen molar-refractivity contribution in [3.63, 3.8) is 0 Å². The highest BCUT2D eigenvalue weighted by atomic mass is 32.2. The molecule has 15 nitrogen and oxygen atoms in total. The molecule has 0 spiro atoms. The number of terminal acetylenes is 8. The monoisotopic (exact) mass is 1400 g/mol. The van der Waals surface area contributed by atoms with Gasteiger partial charge in [0, 0.05) is 49.3 Å². The second-order valence-corrected chi connectivity index (χ2v) is 21.6. The van der Waals surface area contributed by atoms with E-state index in [2.05, 4.69) is 94.6 Å². The molecule has 5 N–H and O–H groups in total. The number of unbranched alkanes of at least 4 members (excludes halogenated alkanes) is 8. The number of imidazole rings is 1. The van der Waals surface area contributed by atoms with Crippen molar-refractivity contribution in [2.75, 3.05) is 60.5 Å². The lowest BCUT2D eigenvalue weighted by atomic mass is 9.98. The van der Waals surface area contributed by atoms with E-state index in [-0.39, 0.29) is 24.0 Å². The van der Waals surface area contributed by atoms with Gasteiger partial charge in [-0.3, -0.25) is 4.79 Å². The number of carboxylic acid groups (broad SMARTS) is 2. The van der Waals surface area contributed by atoms with E-state index in [0.717, 1.165) is 64.9 Å². The number of carbonyl (C=O) groups is 2. The molecular formula is C86H102N2O13S. The number of aryl methyl sites for hydroxylation is 2. The summed E-state index contributed by atoms with van der Waals surface area (Å²) < 4.78 is 43.1. The number of methoxy groups -OCH3 is 2. The van der Waals surface area contributed by atoms with Crippen LogP contribution >= 0.6 is 0 Å². The molecule has 16 heteroatoms. The van der Waals surface area contributed by atoms with Crippen LogP contribution < -0.4 is 4.74 Å². The predicted molar refractivity (Wildman–Crippen MR) is 414 cm³/mol. The molecule has 0 radical (unpaired) electrons. The number of carboxylic acids is 2. The highest BCUT2D eigenvalue weighted by molar-refractivity contribution is 7.96. The maximum Gasteiger partial charge on any atom is 0.382 e. The minimum Gasteiger partial charge on any atom is -0.495 e. The number of aliphatic carboxylic acids is 2. The molecule has 0 aliphatic carbocycles. The average Bonchev–Trinajstić information content (AvgIpc) is 1.05. The van der Waals surface area contributed by atoms with Crippen LogP contribution in [0.1, 0.15) is 144 Å². The van der Waals surface area contributed by atoms with Crippen LogP contribution in [0.3, 0.4) is 0 Å². The normalized spacial score (nSPS) is 9.25. The summed E-state index contributed by atoms with van der Waals surface area (Å²) in [5.74, 6) is 30.9. The third-order valence-electron chi connectivity index (χ3n) is 12.0. The van der Waals surface area contributed by atoms with Crippen molar-refractivity contribution < 1.29 is 62.5 Å². The van der Waals surface area contributed by atoms with Gasteiger partial charge in [0.15, 0.2) is 0 Å². The maximum absolute atomic E-state index is 11.1. The predicted octanol–water partition coefficient (Wildman–Crippen LogP) is 13.5. The second-order valence-electron chi connectivity index (χ2n) is 19.9. The first-order valence-corrected chi connectivity index (χ1v) is 33.7. The van der Waals surface area contributed by atoms with Gasteiger partial charge in [0.2, 0.25) is 9.84 Å². The summed E-state index contributed by atoms with van der Waals surface area (Å²) in [6.45, 7) is 11.6. The summed E-state index contributed by atoms with van der Waals surface area (Å²) in [5.41, 5.74) is 5.04. The molecule has 0 amide bonds. The number of aromatic nitrogens is 2.